The molecule has 13 heavy (non-hydrogen) atoms. The Morgan fingerprint density at radius 1 is 1.77 bits per heavy atom. The summed E-state index contributed by atoms with van der Waals surface area (Å²) in [6, 6.07) is 3.00. The Hall–Kier alpha value is -0.810. The first-order valence-electron chi connectivity index (χ1n) is 3.71. The molecule has 5 heteroatoms. The van der Waals surface area contributed by atoms with Gasteiger partial charge in [-0.3, -0.25) is 4.79 Å². The second kappa shape index (κ2) is 4.43. The van der Waals surface area contributed by atoms with Crippen molar-refractivity contribution in [2.45, 2.75) is 12.5 Å². The van der Waals surface area contributed by atoms with Crippen LogP contribution in [0, 0.1) is 0 Å². The maximum absolute atomic E-state index is 10.8. The summed E-state index contributed by atoms with van der Waals surface area (Å²) in [7, 11) is 1.33. The Bertz CT molecular complexity index is 297. The van der Waals surface area contributed by atoms with Gasteiger partial charge in [-0.25, -0.2) is 0 Å². The average Bonchev–Trinajstić information content (AvgIpc) is 2.51. The van der Waals surface area contributed by atoms with Gasteiger partial charge in [0.1, 0.15) is 5.76 Å². The number of hydrogen-bond donors (Lipinski definition) is 1. The van der Waals surface area contributed by atoms with E-state index in [1.807, 2.05) is 0 Å². The first-order chi connectivity index (χ1) is 6.13. The molecule has 4 nitrogen and oxygen atoms in total. The molecule has 1 aromatic rings. The van der Waals surface area contributed by atoms with E-state index in [2.05, 4.69) is 20.7 Å². The van der Waals surface area contributed by atoms with E-state index in [4.69, 9.17) is 10.2 Å². The number of halogens is 1. The number of carbonyl (C=O) groups excluding carboxylic acids is 1. The molecule has 0 saturated heterocycles. The van der Waals surface area contributed by atoms with Crippen molar-refractivity contribution in [2.24, 2.45) is 5.73 Å². The van der Waals surface area contributed by atoms with Crippen LogP contribution >= 0.6 is 15.9 Å². The first-order valence-corrected chi connectivity index (χ1v) is 4.50. The molecule has 0 aliphatic rings. The summed E-state index contributed by atoms with van der Waals surface area (Å²) < 4.78 is 10.3. The molecule has 1 heterocycles. The van der Waals surface area contributed by atoms with Crippen molar-refractivity contribution >= 4 is 21.9 Å². The smallest absolute Gasteiger partial charge is 0.307 e. The highest BCUT2D eigenvalue weighted by Gasteiger charge is 2.14. The lowest BCUT2D eigenvalue weighted by Crippen LogP contribution is -2.15. The minimum Gasteiger partial charge on any atom is -0.469 e. The van der Waals surface area contributed by atoms with Crippen molar-refractivity contribution < 1.29 is 13.9 Å². The zero-order valence-electron chi connectivity index (χ0n) is 7.12. The van der Waals surface area contributed by atoms with Gasteiger partial charge in [-0.1, -0.05) is 0 Å². The SMILES string of the molecule is COC(=O)CC(N)c1ccc(Br)o1. The molecule has 0 aliphatic heterocycles. The number of furan rings is 1. The zero-order valence-corrected chi connectivity index (χ0v) is 8.71. The predicted octanol–water partition coefficient (Wildman–Crippen LogP) is 1.60. The van der Waals surface area contributed by atoms with E-state index in [9.17, 15) is 4.79 Å². The molecule has 1 rings (SSSR count). The van der Waals surface area contributed by atoms with E-state index in [0.29, 0.717) is 10.4 Å². The van der Waals surface area contributed by atoms with Crippen molar-refractivity contribution in [1.82, 2.24) is 0 Å². The number of nitrogens with two attached hydrogens (primary N) is 1. The van der Waals surface area contributed by atoms with Gasteiger partial charge in [-0.15, -0.1) is 0 Å². The summed E-state index contributed by atoms with van der Waals surface area (Å²) in [5.74, 6) is 0.220. The molecule has 0 aliphatic carbocycles. The Labute approximate surface area is 84.2 Å². The zero-order chi connectivity index (χ0) is 9.84. The van der Waals surface area contributed by atoms with Crippen LogP contribution in [0.15, 0.2) is 21.2 Å². The number of ether oxygens (including phenoxy) is 1. The van der Waals surface area contributed by atoms with Crippen molar-refractivity contribution in [3.05, 3.63) is 22.6 Å². The van der Waals surface area contributed by atoms with Gasteiger partial charge < -0.3 is 14.9 Å². The van der Waals surface area contributed by atoms with Gasteiger partial charge in [0.2, 0.25) is 0 Å². The highest BCUT2D eigenvalue weighted by molar-refractivity contribution is 9.10. The molecule has 1 unspecified atom stereocenters. The third kappa shape index (κ3) is 2.86. The minimum absolute atomic E-state index is 0.121. The van der Waals surface area contributed by atoms with Crippen LogP contribution in [0.3, 0.4) is 0 Å². The maximum Gasteiger partial charge on any atom is 0.307 e. The Kier molecular flexibility index (Phi) is 3.50. The van der Waals surface area contributed by atoms with Gasteiger partial charge in [0.25, 0.3) is 0 Å². The third-order valence-corrected chi connectivity index (χ3v) is 2.00. The summed E-state index contributed by atoms with van der Waals surface area (Å²) in [5, 5.41) is 0. The normalized spacial score (nSPS) is 12.5. The van der Waals surface area contributed by atoms with Gasteiger partial charge in [0.05, 0.1) is 19.6 Å². The number of hydrogen-bond acceptors (Lipinski definition) is 4. The van der Waals surface area contributed by atoms with E-state index < -0.39 is 6.04 Å². The molecule has 0 amide bonds. The number of carbonyl (C=O) groups is 1. The lowest BCUT2D eigenvalue weighted by atomic mass is 10.2. The van der Waals surface area contributed by atoms with Crippen molar-refractivity contribution in [2.75, 3.05) is 7.11 Å². The van der Waals surface area contributed by atoms with Crippen molar-refractivity contribution in [3.63, 3.8) is 0 Å². The van der Waals surface area contributed by atoms with Crippen LogP contribution in [0.5, 0.6) is 0 Å². The summed E-state index contributed by atoms with van der Waals surface area (Å²) >= 11 is 3.15. The molecular formula is C8H10BrNO3. The fraction of sp³-hybridized carbons (Fsp3) is 0.375. The fourth-order valence-corrected chi connectivity index (χ4v) is 1.21. The van der Waals surface area contributed by atoms with Crippen LogP contribution in [0.4, 0.5) is 0 Å². The summed E-state index contributed by atoms with van der Waals surface area (Å²) in [5.41, 5.74) is 5.67. The maximum atomic E-state index is 10.8. The van der Waals surface area contributed by atoms with Crippen molar-refractivity contribution in [1.29, 1.82) is 0 Å². The highest BCUT2D eigenvalue weighted by Crippen LogP contribution is 2.20. The fourth-order valence-electron chi connectivity index (χ4n) is 0.891. The highest BCUT2D eigenvalue weighted by atomic mass is 79.9. The molecule has 2 N–H and O–H groups in total. The topological polar surface area (TPSA) is 65.5 Å². The second-order valence-electron chi connectivity index (χ2n) is 2.53. The molecule has 0 fully saturated rings. The molecular weight excluding hydrogens is 238 g/mol. The van der Waals surface area contributed by atoms with Crippen LogP contribution in [-0.2, 0) is 9.53 Å². The number of rotatable bonds is 3. The van der Waals surface area contributed by atoms with Crippen LogP contribution in [0.1, 0.15) is 18.2 Å². The standard InChI is InChI=1S/C8H10BrNO3/c1-12-8(11)4-5(10)6-2-3-7(9)13-6/h2-3,5H,4,10H2,1H3. The quantitative estimate of drug-likeness (QED) is 0.825. The van der Waals surface area contributed by atoms with Gasteiger partial charge >= 0.3 is 5.97 Å². The first kappa shape index (κ1) is 10.3. The number of methoxy groups -OCH3 is 1. The van der Waals surface area contributed by atoms with E-state index >= 15 is 0 Å². The molecule has 0 saturated carbocycles. The molecule has 1 atom stereocenters. The van der Waals surface area contributed by atoms with Gasteiger partial charge in [0, 0.05) is 0 Å². The van der Waals surface area contributed by atoms with E-state index in [-0.39, 0.29) is 12.4 Å². The lowest BCUT2D eigenvalue weighted by Gasteiger charge is -2.05. The van der Waals surface area contributed by atoms with E-state index in [1.165, 1.54) is 7.11 Å². The molecule has 72 valence electrons. The van der Waals surface area contributed by atoms with Crippen molar-refractivity contribution in [3.8, 4) is 0 Å². The van der Waals surface area contributed by atoms with Crippen LogP contribution in [0.25, 0.3) is 0 Å². The molecule has 1 aromatic heterocycles. The van der Waals surface area contributed by atoms with E-state index in [1.54, 1.807) is 12.1 Å². The van der Waals surface area contributed by atoms with Crippen LogP contribution in [0.2, 0.25) is 0 Å². The second-order valence-corrected chi connectivity index (χ2v) is 3.31. The monoisotopic (exact) mass is 247 g/mol. The van der Waals surface area contributed by atoms with Gasteiger partial charge in [0.15, 0.2) is 4.67 Å². The Morgan fingerprint density at radius 3 is 2.92 bits per heavy atom. The third-order valence-electron chi connectivity index (χ3n) is 1.57. The summed E-state index contributed by atoms with van der Waals surface area (Å²) in [6.45, 7) is 0. The van der Waals surface area contributed by atoms with Crippen LogP contribution in [-0.4, -0.2) is 13.1 Å². The van der Waals surface area contributed by atoms with Gasteiger partial charge in [-0.2, -0.15) is 0 Å². The predicted molar refractivity (Wildman–Crippen MR) is 50.0 cm³/mol. The Balaban J connectivity index is 2.58. The number of esters is 1. The largest absolute Gasteiger partial charge is 0.469 e. The minimum atomic E-state index is -0.446. The Morgan fingerprint density at radius 2 is 2.46 bits per heavy atom. The lowest BCUT2D eigenvalue weighted by molar-refractivity contribution is -0.141. The van der Waals surface area contributed by atoms with Gasteiger partial charge in [-0.05, 0) is 28.1 Å². The average molecular weight is 248 g/mol. The molecule has 0 radical (unpaired) electrons. The van der Waals surface area contributed by atoms with E-state index in [0.717, 1.165) is 0 Å². The molecule has 0 bridgehead atoms. The summed E-state index contributed by atoms with van der Waals surface area (Å²) in [6.07, 6.45) is 0.121. The van der Waals surface area contributed by atoms with Crippen LogP contribution < -0.4 is 5.73 Å². The molecule has 0 spiro atoms. The summed E-state index contributed by atoms with van der Waals surface area (Å²) in [4.78, 5) is 10.8. The molecule has 0 aromatic carbocycles.